The van der Waals surface area contributed by atoms with Gasteiger partial charge in [-0.25, -0.2) is 0 Å². The normalized spacial score (nSPS) is 23.4. The molecule has 2 atom stereocenters. The fraction of sp³-hybridized carbons (Fsp3) is 0.562. The van der Waals surface area contributed by atoms with Crippen LogP contribution in [0.15, 0.2) is 18.2 Å². The lowest BCUT2D eigenvalue weighted by atomic mass is 9.82. The van der Waals surface area contributed by atoms with Gasteiger partial charge in [0.2, 0.25) is 0 Å². The van der Waals surface area contributed by atoms with Gasteiger partial charge in [0, 0.05) is 12.2 Å². The largest absolute Gasteiger partial charge is 0.385 e. The van der Waals surface area contributed by atoms with Gasteiger partial charge in [-0.2, -0.15) is 5.26 Å². The highest BCUT2D eigenvalue weighted by Gasteiger charge is 2.18. The van der Waals surface area contributed by atoms with Gasteiger partial charge in [0.15, 0.2) is 0 Å². The van der Waals surface area contributed by atoms with E-state index >= 15 is 0 Å². The maximum atomic E-state index is 8.93. The van der Waals surface area contributed by atoms with E-state index in [-0.39, 0.29) is 0 Å². The van der Waals surface area contributed by atoms with Crippen molar-refractivity contribution in [2.24, 2.45) is 11.8 Å². The molecule has 0 saturated heterocycles. The number of benzene rings is 1. The van der Waals surface area contributed by atoms with Crippen molar-refractivity contribution in [2.45, 2.75) is 39.5 Å². The molecule has 1 saturated carbocycles. The molecule has 1 aromatic carbocycles. The van der Waals surface area contributed by atoms with Crippen LogP contribution in [0.4, 0.5) is 5.69 Å². The first kappa shape index (κ1) is 13.0. The minimum atomic E-state index is 0.736. The van der Waals surface area contributed by atoms with Gasteiger partial charge < -0.3 is 5.32 Å². The molecule has 0 aliphatic heterocycles. The van der Waals surface area contributed by atoms with E-state index in [0.717, 1.165) is 29.6 Å². The topological polar surface area (TPSA) is 35.8 Å². The van der Waals surface area contributed by atoms with Gasteiger partial charge in [-0.05, 0) is 49.3 Å². The van der Waals surface area contributed by atoms with Crippen molar-refractivity contribution < 1.29 is 0 Å². The molecule has 2 nitrogen and oxygen atoms in total. The van der Waals surface area contributed by atoms with Crippen LogP contribution in [0.25, 0.3) is 0 Å². The van der Waals surface area contributed by atoms with Crippen LogP contribution in [0.1, 0.15) is 43.7 Å². The van der Waals surface area contributed by atoms with Crippen LogP contribution < -0.4 is 5.32 Å². The van der Waals surface area contributed by atoms with Crippen LogP contribution in [0.3, 0.4) is 0 Å². The van der Waals surface area contributed by atoms with Gasteiger partial charge in [-0.3, -0.25) is 0 Å². The lowest BCUT2D eigenvalue weighted by molar-refractivity contribution is 0.293. The first-order valence-electron chi connectivity index (χ1n) is 6.93. The second-order valence-electron chi connectivity index (χ2n) is 5.66. The number of nitrogens with zero attached hydrogens (tertiary/aromatic N) is 1. The SMILES string of the molecule is Cc1ccc(C#N)cc1NCC1CCCC(C)C1. The van der Waals surface area contributed by atoms with Gasteiger partial charge in [0.05, 0.1) is 11.6 Å². The molecule has 1 N–H and O–H groups in total. The smallest absolute Gasteiger partial charge is 0.0992 e. The summed E-state index contributed by atoms with van der Waals surface area (Å²) in [4.78, 5) is 0. The Kier molecular flexibility index (Phi) is 4.25. The summed E-state index contributed by atoms with van der Waals surface area (Å²) in [6.45, 7) is 5.49. The first-order valence-corrected chi connectivity index (χ1v) is 6.93. The highest BCUT2D eigenvalue weighted by molar-refractivity contribution is 5.55. The summed E-state index contributed by atoms with van der Waals surface area (Å²) in [6.07, 6.45) is 5.43. The molecule has 2 unspecified atom stereocenters. The van der Waals surface area contributed by atoms with Crippen molar-refractivity contribution in [3.05, 3.63) is 29.3 Å². The summed E-state index contributed by atoms with van der Waals surface area (Å²) in [6, 6.07) is 8.06. The molecule has 0 radical (unpaired) electrons. The predicted octanol–water partition coefficient (Wildman–Crippen LogP) is 4.10. The van der Waals surface area contributed by atoms with Gasteiger partial charge in [-0.1, -0.05) is 25.8 Å². The van der Waals surface area contributed by atoms with Gasteiger partial charge in [0.25, 0.3) is 0 Å². The van der Waals surface area contributed by atoms with E-state index < -0.39 is 0 Å². The number of anilines is 1. The Morgan fingerprint density at radius 3 is 2.94 bits per heavy atom. The Morgan fingerprint density at radius 2 is 2.22 bits per heavy atom. The van der Waals surface area contributed by atoms with Crippen LogP contribution >= 0.6 is 0 Å². The monoisotopic (exact) mass is 242 g/mol. The molecule has 2 heteroatoms. The Morgan fingerprint density at radius 1 is 1.39 bits per heavy atom. The average Bonchev–Trinajstić information content (AvgIpc) is 2.38. The first-order chi connectivity index (χ1) is 8.69. The summed E-state index contributed by atoms with van der Waals surface area (Å²) < 4.78 is 0. The summed E-state index contributed by atoms with van der Waals surface area (Å²) in [7, 11) is 0. The molecule has 0 amide bonds. The third-order valence-electron chi connectivity index (χ3n) is 3.99. The van der Waals surface area contributed by atoms with Crippen LogP contribution in [0, 0.1) is 30.1 Å². The molecule has 2 rings (SSSR count). The third kappa shape index (κ3) is 3.26. The van der Waals surface area contributed by atoms with Gasteiger partial charge in [0.1, 0.15) is 0 Å². The maximum absolute atomic E-state index is 8.93. The van der Waals surface area contributed by atoms with Gasteiger partial charge in [-0.15, -0.1) is 0 Å². The van der Waals surface area contributed by atoms with Gasteiger partial charge >= 0.3 is 0 Å². The minimum absolute atomic E-state index is 0.736. The van der Waals surface area contributed by atoms with E-state index in [4.69, 9.17) is 5.26 Å². The summed E-state index contributed by atoms with van der Waals surface area (Å²) >= 11 is 0. The van der Waals surface area contributed by atoms with E-state index in [9.17, 15) is 0 Å². The Labute approximate surface area is 110 Å². The molecule has 0 heterocycles. The van der Waals surface area contributed by atoms with E-state index in [0.29, 0.717) is 0 Å². The zero-order chi connectivity index (χ0) is 13.0. The molecular weight excluding hydrogens is 220 g/mol. The number of rotatable bonds is 3. The van der Waals surface area contributed by atoms with Crippen molar-refractivity contribution in [3.8, 4) is 6.07 Å². The second kappa shape index (κ2) is 5.91. The molecule has 96 valence electrons. The number of aryl methyl sites for hydroxylation is 1. The summed E-state index contributed by atoms with van der Waals surface area (Å²) in [5, 5.41) is 12.5. The molecule has 1 aliphatic rings. The molecule has 0 spiro atoms. The molecule has 1 aliphatic carbocycles. The van der Waals surface area contributed by atoms with E-state index in [2.05, 4.69) is 25.2 Å². The van der Waals surface area contributed by atoms with E-state index in [1.165, 1.54) is 31.2 Å². The maximum Gasteiger partial charge on any atom is 0.0992 e. The highest BCUT2D eigenvalue weighted by atomic mass is 14.9. The molecule has 1 aromatic rings. The van der Waals surface area contributed by atoms with Crippen LogP contribution in [0.5, 0.6) is 0 Å². The molecule has 0 aromatic heterocycles. The van der Waals surface area contributed by atoms with Crippen LogP contribution in [-0.4, -0.2) is 6.54 Å². The van der Waals surface area contributed by atoms with Crippen molar-refractivity contribution in [2.75, 3.05) is 11.9 Å². The number of nitriles is 1. The molecule has 18 heavy (non-hydrogen) atoms. The third-order valence-corrected chi connectivity index (χ3v) is 3.99. The molecule has 1 fully saturated rings. The lowest BCUT2D eigenvalue weighted by Gasteiger charge is -2.27. The Bertz CT molecular complexity index is 445. The zero-order valence-electron chi connectivity index (χ0n) is 11.4. The van der Waals surface area contributed by atoms with Crippen molar-refractivity contribution >= 4 is 5.69 Å². The van der Waals surface area contributed by atoms with E-state index in [1.807, 2.05) is 18.2 Å². The average molecular weight is 242 g/mol. The Hall–Kier alpha value is -1.49. The van der Waals surface area contributed by atoms with Crippen LogP contribution in [-0.2, 0) is 0 Å². The molecular formula is C16H22N2. The fourth-order valence-corrected chi connectivity index (χ4v) is 2.88. The Balaban J connectivity index is 1.95. The van der Waals surface area contributed by atoms with Crippen LogP contribution in [0.2, 0.25) is 0 Å². The second-order valence-corrected chi connectivity index (χ2v) is 5.66. The lowest BCUT2D eigenvalue weighted by Crippen LogP contribution is -2.21. The number of hydrogen-bond donors (Lipinski definition) is 1. The number of hydrogen-bond acceptors (Lipinski definition) is 2. The standard InChI is InChI=1S/C16H22N2/c1-12-4-3-5-15(8-12)11-18-16-9-14(10-17)7-6-13(16)2/h6-7,9,12,15,18H,3-5,8,11H2,1-2H3. The summed E-state index contributed by atoms with van der Waals surface area (Å²) in [5.74, 6) is 1.66. The van der Waals surface area contributed by atoms with Crippen molar-refractivity contribution in [1.29, 1.82) is 5.26 Å². The fourth-order valence-electron chi connectivity index (χ4n) is 2.88. The predicted molar refractivity (Wildman–Crippen MR) is 75.5 cm³/mol. The zero-order valence-corrected chi connectivity index (χ0v) is 11.4. The van der Waals surface area contributed by atoms with Crippen molar-refractivity contribution in [3.63, 3.8) is 0 Å². The molecule has 0 bridgehead atoms. The number of nitrogens with one attached hydrogen (secondary N) is 1. The minimum Gasteiger partial charge on any atom is -0.385 e. The summed E-state index contributed by atoms with van der Waals surface area (Å²) in [5.41, 5.74) is 3.07. The van der Waals surface area contributed by atoms with Crippen molar-refractivity contribution in [1.82, 2.24) is 0 Å². The highest BCUT2D eigenvalue weighted by Crippen LogP contribution is 2.29. The quantitative estimate of drug-likeness (QED) is 0.866. The van der Waals surface area contributed by atoms with E-state index in [1.54, 1.807) is 0 Å².